The third-order valence-corrected chi connectivity index (χ3v) is 5.36. The van der Waals surface area contributed by atoms with Crippen LogP contribution in [0.15, 0.2) is 24.3 Å². The number of amides is 4. The van der Waals surface area contributed by atoms with Gasteiger partial charge in [0.1, 0.15) is 18.4 Å². The lowest BCUT2D eigenvalue weighted by molar-refractivity contribution is -0.138. The van der Waals surface area contributed by atoms with Crippen LogP contribution in [0.3, 0.4) is 0 Å². The molecule has 3 rings (SSSR count). The molecule has 1 aliphatic heterocycles. The maximum Gasteiger partial charge on any atom is 0.332 e. The number of nitrogens with zero attached hydrogens (tertiary/aromatic N) is 3. The van der Waals surface area contributed by atoms with Gasteiger partial charge in [-0.05, 0) is 44.0 Å². The van der Waals surface area contributed by atoms with Gasteiger partial charge in [0, 0.05) is 18.8 Å². The molecule has 1 aliphatic carbocycles. The van der Waals surface area contributed by atoms with Crippen LogP contribution in [0.4, 0.5) is 14.9 Å². The van der Waals surface area contributed by atoms with Crippen LogP contribution in [0.2, 0.25) is 0 Å². The first kappa shape index (κ1) is 18.4. The molecule has 0 spiro atoms. The van der Waals surface area contributed by atoms with Gasteiger partial charge >= 0.3 is 6.03 Å². The SMILES string of the molecule is CC1C(=O)N(CC(=O)N(C)C2CCCCC2)C(=O)N1c1ccc(F)cc1. The Morgan fingerprint density at radius 3 is 2.38 bits per heavy atom. The molecule has 2 fully saturated rings. The van der Waals surface area contributed by atoms with Gasteiger partial charge in [0.25, 0.3) is 5.91 Å². The molecule has 1 saturated carbocycles. The molecule has 0 aromatic heterocycles. The first-order valence-electron chi connectivity index (χ1n) is 9.06. The van der Waals surface area contributed by atoms with Crippen molar-refractivity contribution in [2.45, 2.75) is 51.1 Å². The van der Waals surface area contributed by atoms with E-state index in [2.05, 4.69) is 0 Å². The Morgan fingerprint density at radius 1 is 1.15 bits per heavy atom. The van der Waals surface area contributed by atoms with Crippen molar-refractivity contribution in [1.29, 1.82) is 0 Å². The Morgan fingerprint density at radius 2 is 1.77 bits per heavy atom. The number of hydrogen-bond donors (Lipinski definition) is 0. The van der Waals surface area contributed by atoms with Crippen LogP contribution >= 0.6 is 0 Å². The highest BCUT2D eigenvalue weighted by Crippen LogP contribution is 2.27. The zero-order valence-electron chi connectivity index (χ0n) is 15.2. The lowest BCUT2D eigenvalue weighted by Gasteiger charge is -2.32. The molecule has 0 bridgehead atoms. The monoisotopic (exact) mass is 361 g/mol. The highest BCUT2D eigenvalue weighted by molar-refractivity contribution is 6.15. The first-order chi connectivity index (χ1) is 12.4. The van der Waals surface area contributed by atoms with Gasteiger partial charge in [0.2, 0.25) is 5.91 Å². The quantitative estimate of drug-likeness (QED) is 0.775. The fraction of sp³-hybridized carbons (Fsp3) is 0.526. The minimum atomic E-state index is -0.722. The summed E-state index contributed by atoms with van der Waals surface area (Å²) in [5.41, 5.74) is 0.438. The molecule has 1 saturated heterocycles. The lowest BCUT2D eigenvalue weighted by Crippen LogP contribution is -2.46. The van der Waals surface area contributed by atoms with Crippen LogP contribution in [-0.4, -0.2) is 53.3 Å². The van der Waals surface area contributed by atoms with Gasteiger partial charge in [-0.1, -0.05) is 19.3 Å². The average molecular weight is 361 g/mol. The van der Waals surface area contributed by atoms with Crippen molar-refractivity contribution in [2.75, 3.05) is 18.5 Å². The van der Waals surface area contributed by atoms with Crippen molar-refractivity contribution in [1.82, 2.24) is 9.80 Å². The van der Waals surface area contributed by atoms with Crippen LogP contribution < -0.4 is 4.90 Å². The van der Waals surface area contributed by atoms with Crippen molar-refractivity contribution in [3.05, 3.63) is 30.1 Å². The Balaban J connectivity index is 1.71. The van der Waals surface area contributed by atoms with E-state index in [1.54, 1.807) is 18.9 Å². The molecular formula is C19H24FN3O3. The molecule has 0 radical (unpaired) electrons. The lowest BCUT2D eigenvalue weighted by atomic mass is 9.94. The number of carbonyl (C=O) groups excluding carboxylic acids is 3. The first-order valence-corrected chi connectivity index (χ1v) is 9.06. The van der Waals surface area contributed by atoms with Gasteiger partial charge in [-0.3, -0.25) is 19.4 Å². The third-order valence-electron chi connectivity index (χ3n) is 5.36. The molecule has 140 valence electrons. The van der Waals surface area contributed by atoms with Gasteiger partial charge in [-0.25, -0.2) is 9.18 Å². The highest BCUT2D eigenvalue weighted by atomic mass is 19.1. The minimum absolute atomic E-state index is 0.176. The Kier molecular flexibility index (Phi) is 5.25. The van der Waals surface area contributed by atoms with Gasteiger partial charge in [-0.2, -0.15) is 0 Å². The number of anilines is 1. The summed E-state index contributed by atoms with van der Waals surface area (Å²) in [6.45, 7) is 1.35. The second-order valence-corrected chi connectivity index (χ2v) is 7.03. The summed E-state index contributed by atoms with van der Waals surface area (Å²) in [5.74, 6) is -1.06. The van der Waals surface area contributed by atoms with Gasteiger partial charge < -0.3 is 4.90 Å². The molecule has 26 heavy (non-hydrogen) atoms. The molecule has 1 atom stereocenters. The second-order valence-electron chi connectivity index (χ2n) is 7.03. The van der Waals surface area contributed by atoms with Crippen LogP contribution in [0.1, 0.15) is 39.0 Å². The predicted molar refractivity (Wildman–Crippen MR) is 95.1 cm³/mol. The van der Waals surface area contributed by atoms with E-state index in [4.69, 9.17) is 0 Å². The van der Waals surface area contributed by atoms with E-state index in [-0.39, 0.29) is 18.5 Å². The van der Waals surface area contributed by atoms with E-state index >= 15 is 0 Å². The van der Waals surface area contributed by atoms with Gasteiger partial charge in [0.05, 0.1) is 0 Å². The molecule has 6 nitrogen and oxygen atoms in total. The maximum absolute atomic E-state index is 13.1. The number of rotatable bonds is 4. The Hall–Kier alpha value is -2.44. The topological polar surface area (TPSA) is 60.9 Å². The number of halogens is 1. The van der Waals surface area contributed by atoms with Crippen LogP contribution in [0.25, 0.3) is 0 Å². The van der Waals surface area contributed by atoms with Gasteiger partial charge in [0.15, 0.2) is 0 Å². The third kappa shape index (κ3) is 3.43. The molecule has 1 aromatic carbocycles. The molecule has 4 amide bonds. The summed E-state index contributed by atoms with van der Waals surface area (Å²) in [6, 6.07) is 4.30. The van der Waals surface area contributed by atoms with Crippen molar-refractivity contribution in [3.8, 4) is 0 Å². The molecule has 1 unspecified atom stereocenters. The van der Waals surface area contributed by atoms with E-state index in [1.807, 2.05) is 0 Å². The van der Waals surface area contributed by atoms with Crippen molar-refractivity contribution < 1.29 is 18.8 Å². The maximum atomic E-state index is 13.1. The Labute approximate surface area is 152 Å². The summed E-state index contributed by atoms with van der Waals surface area (Å²) in [4.78, 5) is 41.8. The van der Waals surface area contributed by atoms with Crippen LogP contribution in [0, 0.1) is 5.82 Å². The van der Waals surface area contributed by atoms with E-state index in [0.717, 1.165) is 30.6 Å². The van der Waals surface area contributed by atoms with Crippen molar-refractivity contribution >= 4 is 23.5 Å². The van der Waals surface area contributed by atoms with E-state index in [1.165, 1.54) is 35.6 Å². The number of benzene rings is 1. The van der Waals surface area contributed by atoms with E-state index in [0.29, 0.717) is 5.69 Å². The summed E-state index contributed by atoms with van der Waals surface area (Å²) >= 11 is 0. The number of imide groups is 1. The predicted octanol–water partition coefficient (Wildman–Crippen LogP) is 2.77. The zero-order chi connectivity index (χ0) is 18.8. The molecular weight excluding hydrogens is 337 g/mol. The summed E-state index contributed by atoms with van der Waals surface area (Å²) in [7, 11) is 1.74. The molecule has 7 heteroatoms. The van der Waals surface area contributed by atoms with Crippen molar-refractivity contribution in [3.63, 3.8) is 0 Å². The molecule has 1 aromatic rings. The Bertz CT molecular complexity index is 700. The largest absolute Gasteiger partial charge is 0.341 e. The number of hydrogen-bond acceptors (Lipinski definition) is 3. The smallest absolute Gasteiger partial charge is 0.332 e. The molecule has 1 heterocycles. The number of urea groups is 1. The zero-order valence-corrected chi connectivity index (χ0v) is 15.2. The summed E-state index contributed by atoms with van der Waals surface area (Å²) < 4.78 is 13.1. The minimum Gasteiger partial charge on any atom is -0.341 e. The molecule has 0 N–H and O–H groups in total. The highest BCUT2D eigenvalue weighted by Gasteiger charge is 2.44. The standard InChI is InChI=1S/C19H24FN3O3/c1-13-18(25)22(12-17(24)21(2)15-6-4-3-5-7-15)19(26)23(13)16-10-8-14(20)9-11-16/h8-11,13,15H,3-7,12H2,1-2H3. The fourth-order valence-electron chi connectivity index (χ4n) is 3.73. The summed E-state index contributed by atoms with van der Waals surface area (Å²) in [6.07, 6.45) is 5.30. The second kappa shape index (κ2) is 7.43. The van der Waals surface area contributed by atoms with Crippen molar-refractivity contribution in [2.24, 2.45) is 0 Å². The molecule has 2 aliphatic rings. The number of carbonyl (C=O) groups is 3. The normalized spacial score (nSPS) is 21.4. The summed E-state index contributed by atoms with van der Waals surface area (Å²) in [5, 5.41) is 0. The van der Waals surface area contributed by atoms with E-state index in [9.17, 15) is 18.8 Å². The van der Waals surface area contributed by atoms with E-state index < -0.39 is 23.8 Å². The fourth-order valence-corrected chi connectivity index (χ4v) is 3.73. The van der Waals surface area contributed by atoms with Crippen LogP contribution in [-0.2, 0) is 9.59 Å². The average Bonchev–Trinajstić information content (AvgIpc) is 2.86. The number of likely N-dealkylation sites (N-methyl/N-ethyl adjacent to an activating group) is 1. The van der Waals surface area contributed by atoms with Gasteiger partial charge in [-0.15, -0.1) is 0 Å². The van der Waals surface area contributed by atoms with Crippen LogP contribution in [0.5, 0.6) is 0 Å².